The highest BCUT2D eigenvalue weighted by molar-refractivity contribution is 6.29. The first-order valence-corrected chi connectivity index (χ1v) is 20.7. The number of nitrogens with zero attached hydrogens (tertiary/aromatic N) is 2. The van der Waals surface area contributed by atoms with Gasteiger partial charge in [0.2, 0.25) is 0 Å². The molecule has 0 N–H and O–H groups in total. The first kappa shape index (κ1) is 32.6. The summed E-state index contributed by atoms with van der Waals surface area (Å²) >= 11 is 0. The smallest absolute Gasteiger partial charge is 0.0547 e. The molecule has 0 bridgehead atoms. The van der Waals surface area contributed by atoms with Crippen molar-refractivity contribution < 1.29 is 0 Å². The number of para-hydroxylation sites is 2. The van der Waals surface area contributed by atoms with Crippen molar-refractivity contribution in [3.05, 3.63) is 205 Å². The minimum Gasteiger partial charge on any atom is -0.309 e. The summed E-state index contributed by atoms with van der Waals surface area (Å²) in [4.78, 5) is 0. The van der Waals surface area contributed by atoms with E-state index in [4.69, 9.17) is 0 Å². The maximum Gasteiger partial charge on any atom is 0.0547 e. The largest absolute Gasteiger partial charge is 0.309 e. The molecule has 0 aliphatic heterocycles. The monoisotopic (exact) mass is 750 g/mol. The average molecular weight is 751 g/mol. The SMILES string of the molecule is CC1(C)c2ccccc2-c2cc3c4cc5c6ccccc6c6ccccc6c5cc4n(-c4cccc(-c5ccc6c(c5)c5ccccc5n6-c5ccccc5)c4)c3cc21. The van der Waals surface area contributed by atoms with Crippen molar-refractivity contribution in [1.82, 2.24) is 9.13 Å². The van der Waals surface area contributed by atoms with Gasteiger partial charge in [-0.1, -0.05) is 141 Å². The number of hydrogen-bond acceptors (Lipinski definition) is 0. The lowest BCUT2D eigenvalue weighted by molar-refractivity contribution is 0.661. The normalized spacial score (nSPS) is 13.4. The van der Waals surface area contributed by atoms with E-state index >= 15 is 0 Å². The second-order valence-corrected chi connectivity index (χ2v) is 16.9. The number of fused-ring (bicyclic) bond motifs is 15. The molecule has 0 saturated carbocycles. The van der Waals surface area contributed by atoms with Gasteiger partial charge in [0.05, 0.1) is 22.1 Å². The van der Waals surface area contributed by atoms with E-state index in [0.29, 0.717) is 0 Å². The second kappa shape index (κ2) is 11.8. The minimum absolute atomic E-state index is 0.116. The molecular formula is C57H38N2. The molecule has 0 atom stereocenters. The van der Waals surface area contributed by atoms with Crippen LogP contribution in [0.25, 0.3) is 110 Å². The summed E-state index contributed by atoms with van der Waals surface area (Å²) in [6.07, 6.45) is 0. The topological polar surface area (TPSA) is 9.86 Å². The number of benzene rings is 10. The molecule has 0 radical (unpaired) electrons. The maximum atomic E-state index is 2.54. The predicted molar refractivity (Wildman–Crippen MR) is 251 cm³/mol. The molecular weight excluding hydrogens is 713 g/mol. The Morgan fingerprint density at radius 2 is 0.831 bits per heavy atom. The number of rotatable bonds is 3. The molecule has 59 heavy (non-hydrogen) atoms. The molecule has 1 aliphatic carbocycles. The van der Waals surface area contributed by atoms with Crippen molar-refractivity contribution in [3.63, 3.8) is 0 Å². The Labute approximate surface area is 341 Å². The van der Waals surface area contributed by atoms with Crippen LogP contribution in [0.2, 0.25) is 0 Å². The summed E-state index contributed by atoms with van der Waals surface area (Å²) in [5, 5.41) is 12.8. The summed E-state index contributed by atoms with van der Waals surface area (Å²) in [7, 11) is 0. The molecule has 1 aliphatic rings. The summed E-state index contributed by atoms with van der Waals surface area (Å²) in [5.74, 6) is 0. The molecule has 12 aromatic rings. The summed E-state index contributed by atoms with van der Waals surface area (Å²) < 4.78 is 4.93. The third-order valence-corrected chi connectivity index (χ3v) is 13.5. The number of aromatic nitrogens is 2. The van der Waals surface area contributed by atoms with Crippen LogP contribution >= 0.6 is 0 Å². The van der Waals surface area contributed by atoms with Crippen molar-refractivity contribution in [2.24, 2.45) is 0 Å². The number of hydrogen-bond donors (Lipinski definition) is 0. The quantitative estimate of drug-likeness (QED) is 0.159. The fourth-order valence-electron chi connectivity index (χ4n) is 10.7. The Morgan fingerprint density at radius 1 is 0.288 bits per heavy atom. The fourth-order valence-corrected chi connectivity index (χ4v) is 10.7. The van der Waals surface area contributed by atoms with Crippen LogP contribution in [-0.4, -0.2) is 9.13 Å². The van der Waals surface area contributed by atoms with Gasteiger partial charge in [0.15, 0.2) is 0 Å². The standard InChI is InChI=1S/C57H38N2/c1-57(2)51-25-12-10-23-43(51)47-32-50-49-31-45-41-21-8-6-19-39(41)40-20-7-9-22-42(40)46(45)33-55(49)59(56(50)34-52(47)57)38-18-14-15-35(29-38)36-27-28-54-48(30-36)44-24-11-13-26-53(44)58(54)37-16-4-3-5-17-37/h3-34H,1-2H3. The van der Waals surface area contributed by atoms with E-state index < -0.39 is 0 Å². The van der Waals surface area contributed by atoms with Crippen molar-refractivity contribution >= 4 is 75.9 Å². The highest BCUT2D eigenvalue weighted by atomic mass is 15.0. The Balaban J connectivity index is 1.10. The molecule has 0 amide bonds. The van der Waals surface area contributed by atoms with Crippen LogP contribution in [0.15, 0.2) is 194 Å². The van der Waals surface area contributed by atoms with Crippen molar-refractivity contribution in [1.29, 1.82) is 0 Å². The highest BCUT2D eigenvalue weighted by Gasteiger charge is 2.36. The third kappa shape index (κ3) is 4.46. The van der Waals surface area contributed by atoms with E-state index in [9.17, 15) is 0 Å². The predicted octanol–water partition coefficient (Wildman–Crippen LogP) is 15.3. The molecule has 2 heteroatoms. The molecule has 2 aromatic heterocycles. The molecule has 0 saturated heterocycles. The summed E-state index contributed by atoms with van der Waals surface area (Å²) in [6, 6.07) is 72.4. The van der Waals surface area contributed by atoms with Crippen LogP contribution in [0.4, 0.5) is 0 Å². The minimum atomic E-state index is -0.116. The Morgan fingerprint density at radius 3 is 1.61 bits per heavy atom. The lowest BCUT2D eigenvalue weighted by atomic mass is 9.82. The van der Waals surface area contributed by atoms with E-state index in [2.05, 4.69) is 217 Å². The fraction of sp³-hybridized carbons (Fsp3) is 0.0526. The highest BCUT2D eigenvalue weighted by Crippen LogP contribution is 2.51. The molecule has 0 fully saturated rings. The van der Waals surface area contributed by atoms with Gasteiger partial charge in [-0.15, -0.1) is 0 Å². The van der Waals surface area contributed by atoms with Crippen LogP contribution in [0.5, 0.6) is 0 Å². The van der Waals surface area contributed by atoms with Crippen LogP contribution < -0.4 is 0 Å². The van der Waals surface area contributed by atoms with Gasteiger partial charge in [-0.25, -0.2) is 0 Å². The Bertz CT molecular complexity index is 3750. The summed E-state index contributed by atoms with van der Waals surface area (Å²) in [6.45, 7) is 4.77. The van der Waals surface area contributed by atoms with E-state index in [-0.39, 0.29) is 5.41 Å². The van der Waals surface area contributed by atoms with E-state index in [1.54, 1.807) is 0 Å². The maximum absolute atomic E-state index is 2.54. The third-order valence-electron chi connectivity index (χ3n) is 13.5. The van der Waals surface area contributed by atoms with Gasteiger partial charge < -0.3 is 9.13 Å². The second-order valence-electron chi connectivity index (χ2n) is 16.9. The zero-order chi connectivity index (χ0) is 39.0. The molecule has 10 aromatic carbocycles. The van der Waals surface area contributed by atoms with Crippen LogP contribution in [0.1, 0.15) is 25.0 Å². The van der Waals surface area contributed by atoms with E-state index in [0.717, 1.165) is 5.69 Å². The first-order valence-electron chi connectivity index (χ1n) is 20.7. The van der Waals surface area contributed by atoms with Gasteiger partial charge >= 0.3 is 0 Å². The van der Waals surface area contributed by atoms with E-state index in [1.165, 1.54) is 115 Å². The molecule has 0 unspecified atom stereocenters. The van der Waals surface area contributed by atoms with E-state index in [1.807, 2.05) is 0 Å². The average Bonchev–Trinajstić information content (AvgIpc) is 3.87. The van der Waals surface area contributed by atoms with Gasteiger partial charge in [-0.2, -0.15) is 0 Å². The van der Waals surface area contributed by atoms with Gasteiger partial charge in [0.1, 0.15) is 0 Å². The van der Waals surface area contributed by atoms with Gasteiger partial charge in [0, 0.05) is 38.3 Å². The Kier molecular flexibility index (Phi) is 6.54. The van der Waals surface area contributed by atoms with Gasteiger partial charge in [-0.05, 0) is 132 Å². The van der Waals surface area contributed by atoms with Crippen LogP contribution in [0, 0.1) is 0 Å². The van der Waals surface area contributed by atoms with Crippen molar-refractivity contribution in [2.75, 3.05) is 0 Å². The lowest BCUT2D eigenvalue weighted by Crippen LogP contribution is -2.14. The molecule has 276 valence electrons. The van der Waals surface area contributed by atoms with Crippen molar-refractivity contribution in [3.8, 4) is 33.6 Å². The van der Waals surface area contributed by atoms with Gasteiger partial charge in [-0.3, -0.25) is 0 Å². The van der Waals surface area contributed by atoms with Crippen LogP contribution in [-0.2, 0) is 5.41 Å². The van der Waals surface area contributed by atoms with Crippen molar-refractivity contribution in [2.45, 2.75) is 19.3 Å². The Hall–Kier alpha value is -7.42. The molecule has 2 heterocycles. The zero-order valence-electron chi connectivity index (χ0n) is 32.9. The van der Waals surface area contributed by atoms with Crippen LogP contribution in [0.3, 0.4) is 0 Å². The molecule has 0 spiro atoms. The first-order chi connectivity index (χ1) is 29.0. The zero-order valence-corrected chi connectivity index (χ0v) is 32.9. The molecule has 13 rings (SSSR count). The summed E-state index contributed by atoms with van der Waals surface area (Å²) in [5.41, 5.74) is 15.0. The lowest BCUT2D eigenvalue weighted by Gasteiger charge is -2.21. The van der Waals surface area contributed by atoms with Gasteiger partial charge in [0.25, 0.3) is 0 Å². The molecule has 2 nitrogen and oxygen atoms in total.